The summed E-state index contributed by atoms with van der Waals surface area (Å²) in [5.41, 5.74) is 2.47. The lowest BCUT2D eigenvalue weighted by atomic mass is 10.1. The SMILES string of the molecule is Cc1cc(Br)ccc1CC(=O)NC(C)c1nc(C)c(C(=O)O)s1. The molecule has 1 aromatic carbocycles. The molecule has 0 aliphatic carbocycles. The van der Waals surface area contributed by atoms with Gasteiger partial charge in [0.15, 0.2) is 0 Å². The van der Waals surface area contributed by atoms with Gasteiger partial charge in [0.25, 0.3) is 0 Å². The van der Waals surface area contributed by atoms with Crippen molar-refractivity contribution in [3.05, 3.63) is 49.4 Å². The quantitative estimate of drug-likeness (QED) is 0.808. The normalized spacial score (nSPS) is 12.0. The van der Waals surface area contributed by atoms with Gasteiger partial charge in [-0.15, -0.1) is 11.3 Å². The van der Waals surface area contributed by atoms with Gasteiger partial charge in [-0.2, -0.15) is 0 Å². The van der Waals surface area contributed by atoms with Crippen molar-refractivity contribution in [3.8, 4) is 0 Å². The van der Waals surface area contributed by atoms with Gasteiger partial charge >= 0.3 is 5.97 Å². The lowest BCUT2D eigenvalue weighted by molar-refractivity contribution is -0.121. The number of amides is 1. The number of halogens is 1. The first-order valence-corrected chi connectivity index (χ1v) is 8.64. The minimum Gasteiger partial charge on any atom is -0.477 e. The van der Waals surface area contributed by atoms with E-state index in [0.29, 0.717) is 10.7 Å². The molecular weight excluding hydrogens is 380 g/mol. The van der Waals surface area contributed by atoms with Crippen LogP contribution in [0.3, 0.4) is 0 Å². The molecule has 7 heteroatoms. The van der Waals surface area contributed by atoms with Crippen molar-refractivity contribution < 1.29 is 14.7 Å². The number of hydrogen-bond acceptors (Lipinski definition) is 4. The first-order chi connectivity index (χ1) is 10.8. The zero-order valence-electron chi connectivity index (χ0n) is 13.0. The number of aryl methyl sites for hydroxylation is 2. The Kier molecular flexibility index (Phi) is 5.54. The Bertz CT molecular complexity index is 758. The summed E-state index contributed by atoms with van der Waals surface area (Å²) in [6, 6.07) is 5.47. The number of aromatic nitrogens is 1. The number of hydrogen-bond donors (Lipinski definition) is 2. The standard InChI is InChI=1S/C16H17BrN2O3S/c1-8-6-12(17)5-4-11(8)7-13(20)18-10(3)15-19-9(2)14(23-15)16(21)22/h4-6,10H,7H2,1-3H3,(H,18,20)(H,21,22). The number of aromatic carboxylic acids is 1. The molecule has 2 aromatic rings. The van der Waals surface area contributed by atoms with Crippen LogP contribution in [0.4, 0.5) is 0 Å². The Balaban J connectivity index is 2.05. The molecule has 2 rings (SSSR count). The largest absolute Gasteiger partial charge is 0.477 e. The molecule has 122 valence electrons. The van der Waals surface area contributed by atoms with Gasteiger partial charge in [-0.1, -0.05) is 22.0 Å². The Morgan fingerprint density at radius 2 is 2.09 bits per heavy atom. The zero-order chi connectivity index (χ0) is 17.1. The third-order valence-electron chi connectivity index (χ3n) is 3.41. The highest BCUT2D eigenvalue weighted by atomic mass is 79.9. The predicted octanol–water partition coefficient (Wildman–Crippen LogP) is 3.64. The molecule has 0 bridgehead atoms. The molecule has 0 fully saturated rings. The van der Waals surface area contributed by atoms with Crippen LogP contribution in [0.5, 0.6) is 0 Å². The number of thiazole rings is 1. The van der Waals surface area contributed by atoms with Gasteiger partial charge < -0.3 is 10.4 Å². The van der Waals surface area contributed by atoms with E-state index in [9.17, 15) is 9.59 Å². The lowest BCUT2D eigenvalue weighted by Gasteiger charge is -2.12. The molecule has 0 radical (unpaired) electrons. The Hall–Kier alpha value is -1.73. The van der Waals surface area contributed by atoms with Crippen LogP contribution < -0.4 is 5.32 Å². The van der Waals surface area contributed by atoms with Crippen LogP contribution in [0.25, 0.3) is 0 Å². The highest BCUT2D eigenvalue weighted by Crippen LogP contribution is 2.24. The van der Waals surface area contributed by atoms with Gasteiger partial charge in [-0.05, 0) is 44.0 Å². The highest BCUT2D eigenvalue weighted by molar-refractivity contribution is 9.10. The number of nitrogens with one attached hydrogen (secondary N) is 1. The van der Waals surface area contributed by atoms with Crippen molar-refractivity contribution in [2.45, 2.75) is 33.2 Å². The fourth-order valence-electron chi connectivity index (χ4n) is 2.19. The molecule has 0 aliphatic heterocycles. The van der Waals surface area contributed by atoms with Crippen LogP contribution in [0.2, 0.25) is 0 Å². The van der Waals surface area contributed by atoms with Crippen LogP contribution in [0, 0.1) is 13.8 Å². The van der Waals surface area contributed by atoms with E-state index in [2.05, 4.69) is 26.2 Å². The number of carbonyl (C=O) groups is 2. The Labute approximate surface area is 146 Å². The number of nitrogens with zero attached hydrogens (tertiary/aromatic N) is 1. The topological polar surface area (TPSA) is 79.3 Å². The summed E-state index contributed by atoms with van der Waals surface area (Å²) >= 11 is 4.50. The smallest absolute Gasteiger partial charge is 0.347 e. The number of carboxylic acid groups (broad SMARTS) is 1. The van der Waals surface area contributed by atoms with E-state index in [1.165, 1.54) is 0 Å². The Morgan fingerprint density at radius 1 is 1.39 bits per heavy atom. The van der Waals surface area contributed by atoms with Crippen molar-refractivity contribution in [1.82, 2.24) is 10.3 Å². The van der Waals surface area contributed by atoms with E-state index in [1.54, 1.807) is 13.8 Å². The molecule has 0 saturated carbocycles. The summed E-state index contributed by atoms with van der Waals surface area (Å²) < 4.78 is 0.979. The van der Waals surface area contributed by atoms with Crippen LogP contribution in [-0.2, 0) is 11.2 Å². The molecule has 1 unspecified atom stereocenters. The molecule has 23 heavy (non-hydrogen) atoms. The van der Waals surface area contributed by atoms with Gasteiger partial charge in [0, 0.05) is 4.47 Å². The van der Waals surface area contributed by atoms with Crippen LogP contribution in [0.1, 0.15) is 44.5 Å². The molecular formula is C16H17BrN2O3S. The first kappa shape index (κ1) is 17.6. The summed E-state index contributed by atoms with van der Waals surface area (Å²) in [5, 5.41) is 12.5. The molecule has 1 aromatic heterocycles. The van der Waals surface area contributed by atoms with Crippen molar-refractivity contribution in [1.29, 1.82) is 0 Å². The molecule has 0 saturated heterocycles. The summed E-state index contributed by atoms with van der Waals surface area (Å²) in [5.74, 6) is -1.11. The maximum atomic E-state index is 12.2. The average Bonchev–Trinajstić information content (AvgIpc) is 2.84. The van der Waals surface area contributed by atoms with E-state index in [-0.39, 0.29) is 23.2 Å². The molecule has 1 amide bonds. The number of rotatable bonds is 5. The minimum atomic E-state index is -0.990. The Morgan fingerprint density at radius 3 is 2.65 bits per heavy atom. The van der Waals surface area contributed by atoms with E-state index < -0.39 is 5.97 Å². The molecule has 0 aliphatic rings. The van der Waals surface area contributed by atoms with E-state index in [1.807, 2.05) is 25.1 Å². The lowest BCUT2D eigenvalue weighted by Crippen LogP contribution is -2.28. The second-order valence-corrected chi connectivity index (χ2v) is 7.25. The van der Waals surface area contributed by atoms with Crippen LogP contribution in [0.15, 0.2) is 22.7 Å². The van der Waals surface area contributed by atoms with Gasteiger partial charge in [-0.3, -0.25) is 4.79 Å². The zero-order valence-corrected chi connectivity index (χ0v) is 15.4. The molecule has 1 heterocycles. The minimum absolute atomic E-state index is 0.118. The van der Waals surface area contributed by atoms with Crippen LogP contribution in [-0.4, -0.2) is 22.0 Å². The third-order valence-corrected chi connectivity index (χ3v) is 5.23. The predicted molar refractivity (Wildman–Crippen MR) is 93.0 cm³/mol. The van der Waals surface area contributed by atoms with Crippen molar-refractivity contribution in [3.63, 3.8) is 0 Å². The molecule has 0 spiro atoms. The van der Waals surface area contributed by atoms with Gasteiger partial charge in [0.1, 0.15) is 9.88 Å². The maximum absolute atomic E-state index is 12.2. The number of carboxylic acids is 1. The number of benzene rings is 1. The first-order valence-electron chi connectivity index (χ1n) is 7.03. The van der Waals surface area contributed by atoms with Gasteiger partial charge in [0.05, 0.1) is 18.2 Å². The fourth-order valence-corrected chi connectivity index (χ4v) is 3.57. The summed E-state index contributed by atoms with van der Waals surface area (Å²) in [7, 11) is 0. The third kappa shape index (κ3) is 4.39. The molecule has 1 atom stereocenters. The second kappa shape index (κ2) is 7.23. The van der Waals surface area contributed by atoms with E-state index in [4.69, 9.17) is 5.11 Å². The number of carbonyl (C=O) groups excluding carboxylic acids is 1. The molecule has 2 N–H and O–H groups in total. The monoisotopic (exact) mass is 396 g/mol. The van der Waals surface area contributed by atoms with Crippen molar-refractivity contribution >= 4 is 39.1 Å². The van der Waals surface area contributed by atoms with E-state index in [0.717, 1.165) is 26.9 Å². The van der Waals surface area contributed by atoms with Gasteiger partial charge in [0.2, 0.25) is 5.91 Å². The summed E-state index contributed by atoms with van der Waals surface area (Å²) in [6.07, 6.45) is 0.277. The van der Waals surface area contributed by atoms with Gasteiger partial charge in [-0.25, -0.2) is 9.78 Å². The van der Waals surface area contributed by atoms with Crippen molar-refractivity contribution in [2.75, 3.05) is 0 Å². The average molecular weight is 397 g/mol. The highest BCUT2D eigenvalue weighted by Gasteiger charge is 2.19. The second-order valence-electron chi connectivity index (χ2n) is 5.31. The van der Waals surface area contributed by atoms with Crippen molar-refractivity contribution in [2.24, 2.45) is 0 Å². The summed E-state index contributed by atoms with van der Waals surface area (Å²) in [4.78, 5) is 27.7. The molecule has 5 nitrogen and oxygen atoms in total. The maximum Gasteiger partial charge on any atom is 0.347 e. The summed E-state index contributed by atoms with van der Waals surface area (Å²) in [6.45, 7) is 5.42. The fraction of sp³-hybridized carbons (Fsp3) is 0.312. The van der Waals surface area contributed by atoms with Crippen LogP contribution >= 0.6 is 27.3 Å². The van der Waals surface area contributed by atoms with E-state index >= 15 is 0 Å².